The van der Waals surface area contributed by atoms with Crippen LogP contribution in [0.3, 0.4) is 0 Å². The van der Waals surface area contributed by atoms with Crippen molar-refractivity contribution in [2.45, 2.75) is 6.92 Å². The largest absolute Gasteiger partial charge is 0.462 e. The maximum Gasteiger partial charge on any atom is 0.339 e. The van der Waals surface area contributed by atoms with Gasteiger partial charge in [-0.3, -0.25) is 0 Å². The summed E-state index contributed by atoms with van der Waals surface area (Å²) in [5.41, 5.74) is 3.78. The summed E-state index contributed by atoms with van der Waals surface area (Å²) in [6.45, 7) is 2.14. The molecule has 0 aromatic carbocycles. The third-order valence-electron chi connectivity index (χ3n) is 1.87. The summed E-state index contributed by atoms with van der Waals surface area (Å²) in [6.07, 6.45) is 3.16. The number of rotatable bonds is 2. The molecule has 2 N–H and O–H groups in total. The van der Waals surface area contributed by atoms with Crippen molar-refractivity contribution in [3.8, 4) is 0 Å². The molecule has 0 amide bonds. The van der Waals surface area contributed by atoms with Crippen molar-refractivity contribution >= 4 is 17.9 Å². The molecular formula is C9H10N3O2+. The zero-order valence-electron chi connectivity index (χ0n) is 7.73. The van der Waals surface area contributed by atoms with E-state index in [1.54, 1.807) is 24.6 Å². The van der Waals surface area contributed by atoms with Crippen molar-refractivity contribution in [2.24, 2.45) is 5.10 Å². The van der Waals surface area contributed by atoms with Crippen LogP contribution in [0.25, 0.3) is 0 Å². The Morgan fingerprint density at radius 1 is 1.64 bits per heavy atom. The molecule has 0 spiro atoms. The van der Waals surface area contributed by atoms with Crippen LogP contribution in [-0.4, -0.2) is 23.8 Å². The lowest BCUT2D eigenvalue weighted by Crippen LogP contribution is -2.69. The number of hydrogen-bond acceptors (Lipinski definition) is 4. The van der Waals surface area contributed by atoms with Crippen molar-refractivity contribution in [3.63, 3.8) is 0 Å². The minimum atomic E-state index is -0.344. The summed E-state index contributed by atoms with van der Waals surface area (Å²) in [4.78, 5) is 15.4. The van der Waals surface area contributed by atoms with Gasteiger partial charge < -0.3 is 4.74 Å². The van der Waals surface area contributed by atoms with E-state index in [0.29, 0.717) is 12.2 Å². The molecule has 0 radical (unpaired) electrons. The number of carbonyl (C=O) groups excluding carboxylic acids is 1. The molecule has 1 aliphatic rings. The van der Waals surface area contributed by atoms with Gasteiger partial charge in [0.1, 0.15) is 11.9 Å². The quantitative estimate of drug-likeness (QED) is 0.521. The fraction of sp³-hybridized carbons (Fsp3) is 0.222. The Kier molecular flexibility index (Phi) is 2.24. The molecule has 0 unspecified atom stereocenters. The number of ether oxygens (including phenoxy) is 1. The van der Waals surface area contributed by atoms with Crippen LogP contribution in [0.5, 0.6) is 0 Å². The highest BCUT2D eigenvalue weighted by Crippen LogP contribution is 2.11. The number of pyridine rings is 1. The smallest absolute Gasteiger partial charge is 0.339 e. The number of hydrogen-bond donors (Lipinski definition) is 1. The van der Waals surface area contributed by atoms with Crippen LogP contribution >= 0.6 is 0 Å². The first kappa shape index (κ1) is 8.83. The molecule has 2 heterocycles. The van der Waals surface area contributed by atoms with Crippen LogP contribution < -0.4 is 5.43 Å². The Morgan fingerprint density at radius 3 is 3.29 bits per heavy atom. The van der Waals surface area contributed by atoms with E-state index >= 15 is 0 Å². The zero-order valence-corrected chi connectivity index (χ0v) is 7.73. The molecule has 0 saturated heterocycles. The fourth-order valence-corrected chi connectivity index (χ4v) is 1.22. The second-order valence-corrected chi connectivity index (χ2v) is 2.83. The molecule has 0 fully saturated rings. The summed E-state index contributed by atoms with van der Waals surface area (Å²) >= 11 is 0. The van der Waals surface area contributed by atoms with Crippen molar-refractivity contribution in [3.05, 3.63) is 23.5 Å². The summed E-state index contributed by atoms with van der Waals surface area (Å²) in [7, 11) is 0. The van der Waals surface area contributed by atoms with E-state index < -0.39 is 0 Å². The van der Waals surface area contributed by atoms with Gasteiger partial charge in [-0.05, 0) is 6.92 Å². The fourth-order valence-electron chi connectivity index (χ4n) is 1.22. The molecule has 0 bridgehead atoms. The molecule has 0 saturated carbocycles. The molecule has 1 aromatic heterocycles. The van der Waals surface area contributed by atoms with Crippen molar-refractivity contribution in [1.82, 2.24) is 4.98 Å². The van der Waals surface area contributed by atoms with Crippen molar-refractivity contribution < 1.29 is 15.0 Å². The average molecular weight is 192 g/mol. The van der Waals surface area contributed by atoms with Crippen LogP contribution in [0.2, 0.25) is 0 Å². The average Bonchev–Trinajstić information content (AvgIpc) is 2.64. The van der Waals surface area contributed by atoms with Gasteiger partial charge in [-0.2, -0.15) is 5.43 Å². The number of quaternary nitrogens is 1. The van der Waals surface area contributed by atoms with E-state index in [1.165, 1.54) is 6.20 Å². The van der Waals surface area contributed by atoms with Gasteiger partial charge >= 0.3 is 5.97 Å². The monoisotopic (exact) mass is 192 g/mol. The third kappa shape index (κ3) is 1.49. The van der Waals surface area contributed by atoms with E-state index in [9.17, 15) is 4.79 Å². The minimum absolute atomic E-state index is 0.344. The first-order valence-corrected chi connectivity index (χ1v) is 4.35. The SMILES string of the molecule is CCOC(=O)c1cnc2c(c1)[NH2+]N=C2. The molecule has 72 valence electrons. The van der Waals surface area contributed by atoms with E-state index in [-0.39, 0.29) is 5.97 Å². The van der Waals surface area contributed by atoms with Crippen LogP contribution in [0.15, 0.2) is 17.4 Å². The Bertz CT molecular complexity index is 401. The first-order chi connectivity index (χ1) is 6.81. The van der Waals surface area contributed by atoms with E-state index in [2.05, 4.69) is 10.1 Å². The molecule has 14 heavy (non-hydrogen) atoms. The van der Waals surface area contributed by atoms with Crippen LogP contribution in [0, 0.1) is 0 Å². The highest BCUT2D eigenvalue weighted by Gasteiger charge is 2.16. The highest BCUT2D eigenvalue weighted by atomic mass is 16.5. The van der Waals surface area contributed by atoms with E-state index in [1.807, 2.05) is 0 Å². The van der Waals surface area contributed by atoms with Gasteiger partial charge in [0.2, 0.25) is 0 Å². The molecule has 1 aromatic rings. The molecule has 5 nitrogen and oxygen atoms in total. The summed E-state index contributed by atoms with van der Waals surface area (Å²) in [5.74, 6) is -0.344. The molecule has 0 aliphatic carbocycles. The van der Waals surface area contributed by atoms with Gasteiger partial charge in [0.25, 0.3) is 0 Å². The second-order valence-electron chi connectivity index (χ2n) is 2.83. The Labute approximate surface area is 80.8 Å². The van der Waals surface area contributed by atoms with Crippen LogP contribution in [0.1, 0.15) is 23.0 Å². The summed E-state index contributed by atoms with van der Waals surface area (Å²) < 4.78 is 4.85. The standard InChI is InChI=1S/C9H9N3O2/c1-2-14-9(13)6-3-7-8(10-4-6)5-11-12-7/h3-5H,2H2,1H3,(H,11,12)/p+1. The third-order valence-corrected chi connectivity index (χ3v) is 1.87. The van der Waals surface area contributed by atoms with Gasteiger partial charge in [-0.1, -0.05) is 5.10 Å². The predicted octanol–water partition coefficient (Wildman–Crippen LogP) is -0.199. The normalized spacial score (nSPS) is 12.6. The Hall–Kier alpha value is -1.75. The van der Waals surface area contributed by atoms with E-state index in [4.69, 9.17) is 4.74 Å². The molecule has 0 atom stereocenters. The van der Waals surface area contributed by atoms with Crippen molar-refractivity contribution in [2.75, 3.05) is 6.61 Å². The molecule has 2 rings (SSSR count). The number of nitrogens with two attached hydrogens (primary N) is 1. The minimum Gasteiger partial charge on any atom is -0.462 e. The summed E-state index contributed by atoms with van der Waals surface area (Å²) in [6, 6.07) is 1.73. The zero-order chi connectivity index (χ0) is 9.97. The lowest BCUT2D eigenvalue weighted by molar-refractivity contribution is -0.573. The second kappa shape index (κ2) is 3.55. The number of nitrogens with zero attached hydrogens (tertiary/aromatic N) is 2. The number of carbonyl (C=O) groups is 1. The topological polar surface area (TPSA) is 68.2 Å². The molecular weight excluding hydrogens is 182 g/mol. The Morgan fingerprint density at radius 2 is 2.50 bits per heavy atom. The van der Waals surface area contributed by atoms with Gasteiger partial charge in [0.05, 0.1) is 12.2 Å². The lowest BCUT2D eigenvalue weighted by atomic mass is 10.2. The van der Waals surface area contributed by atoms with Gasteiger partial charge in [-0.25, -0.2) is 9.78 Å². The number of aromatic nitrogens is 1. The maximum atomic E-state index is 11.3. The molecule has 1 aliphatic heterocycles. The Balaban J connectivity index is 2.26. The number of fused-ring (bicyclic) bond motifs is 1. The van der Waals surface area contributed by atoms with Crippen LogP contribution in [0.4, 0.5) is 5.69 Å². The molecule has 5 heteroatoms. The van der Waals surface area contributed by atoms with Gasteiger partial charge in [0.15, 0.2) is 5.69 Å². The highest BCUT2D eigenvalue weighted by molar-refractivity contribution is 5.92. The van der Waals surface area contributed by atoms with E-state index in [0.717, 1.165) is 11.4 Å². The number of esters is 1. The lowest BCUT2D eigenvalue weighted by Gasteiger charge is -2.00. The van der Waals surface area contributed by atoms with Crippen LogP contribution in [-0.2, 0) is 4.74 Å². The predicted molar refractivity (Wildman–Crippen MR) is 49.4 cm³/mol. The van der Waals surface area contributed by atoms with Crippen molar-refractivity contribution in [1.29, 1.82) is 0 Å². The van der Waals surface area contributed by atoms with Gasteiger partial charge in [-0.15, -0.1) is 0 Å². The summed E-state index contributed by atoms with van der Waals surface area (Å²) in [5, 5.41) is 3.93. The first-order valence-electron chi connectivity index (χ1n) is 4.35. The maximum absolute atomic E-state index is 11.3. The van der Waals surface area contributed by atoms with Gasteiger partial charge in [0, 0.05) is 12.3 Å².